The molecule has 0 aromatic rings. The van der Waals surface area contributed by atoms with Crippen LogP contribution in [0.25, 0.3) is 0 Å². The summed E-state index contributed by atoms with van der Waals surface area (Å²) in [4.78, 5) is 4.87. The SMILES string of the molecule is C/C=C\C1=C(C(=C\C)/N2CCSCC2)CC(CN(C)C)NC1. The molecule has 0 amide bonds. The minimum absolute atomic E-state index is 0.549. The maximum absolute atomic E-state index is 3.70. The number of nitrogens with one attached hydrogen (secondary N) is 1. The molecule has 1 fully saturated rings. The van der Waals surface area contributed by atoms with Gasteiger partial charge in [-0.15, -0.1) is 0 Å². The molecule has 2 heterocycles. The number of hydrogen-bond acceptors (Lipinski definition) is 4. The molecule has 0 aromatic heterocycles. The van der Waals surface area contributed by atoms with Crippen molar-refractivity contribution in [2.75, 3.05) is 51.8 Å². The Morgan fingerprint density at radius 2 is 2.05 bits per heavy atom. The molecule has 2 aliphatic heterocycles. The topological polar surface area (TPSA) is 18.5 Å². The first-order valence-corrected chi connectivity index (χ1v) is 9.53. The standard InChI is InChI=1S/C18H31N3S/c1-5-7-15-13-19-16(14-20(3)4)12-17(15)18(6-2)21-8-10-22-11-9-21/h5-7,16,19H,8-14H2,1-4H3/b7-5-,18-6+. The van der Waals surface area contributed by atoms with Gasteiger partial charge in [0.15, 0.2) is 0 Å². The molecule has 1 saturated heterocycles. The lowest BCUT2D eigenvalue weighted by Crippen LogP contribution is -2.44. The zero-order valence-corrected chi connectivity index (χ0v) is 15.4. The van der Waals surface area contributed by atoms with Gasteiger partial charge >= 0.3 is 0 Å². The number of likely N-dealkylation sites (N-methyl/N-ethyl adjacent to an activating group) is 1. The molecule has 1 atom stereocenters. The Morgan fingerprint density at radius 3 is 2.64 bits per heavy atom. The van der Waals surface area contributed by atoms with Gasteiger partial charge in [-0.1, -0.05) is 18.2 Å². The summed E-state index contributed by atoms with van der Waals surface area (Å²) in [7, 11) is 4.32. The van der Waals surface area contributed by atoms with Crippen molar-refractivity contribution in [2.24, 2.45) is 0 Å². The van der Waals surface area contributed by atoms with E-state index in [0.717, 1.165) is 19.5 Å². The Morgan fingerprint density at radius 1 is 1.32 bits per heavy atom. The molecule has 0 bridgehead atoms. The third kappa shape index (κ3) is 4.64. The average Bonchev–Trinajstić information content (AvgIpc) is 2.51. The molecular weight excluding hydrogens is 290 g/mol. The van der Waals surface area contributed by atoms with Crippen LogP contribution in [0, 0.1) is 0 Å². The second kappa shape index (κ2) is 8.80. The van der Waals surface area contributed by atoms with Crippen molar-refractivity contribution in [1.82, 2.24) is 15.1 Å². The second-order valence-electron chi connectivity index (χ2n) is 6.32. The van der Waals surface area contributed by atoms with E-state index in [1.807, 2.05) is 0 Å². The van der Waals surface area contributed by atoms with Crippen LogP contribution < -0.4 is 5.32 Å². The minimum Gasteiger partial charge on any atom is -0.370 e. The Kier molecular flexibility index (Phi) is 7.06. The van der Waals surface area contributed by atoms with E-state index >= 15 is 0 Å². The third-order valence-electron chi connectivity index (χ3n) is 4.31. The maximum atomic E-state index is 3.70. The first-order chi connectivity index (χ1) is 10.7. The van der Waals surface area contributed by atoms with Gasteiger partial charge in [0.25, 0.3) is 0 Å². The second-order valence-corrected chi connectivity index (χ2v) is 7.55. The number of nitrogens with zero attached hydrogens (tertiary/aromatic N) is 2. The molecule has 3 nitrogen and oxygen atoms in total. The lowest BCUT2D eigenvalue weighted by atomic mass is 9.91. The summed E-state index contributed by atoms with van der Waals surface area (Å²) in [5, 5.41) is 3.70. The molecule has 22 heavy (non-hydrogen) atoms. The van der Waals surface area contributed by atoms with E-state index in [2.05, 4.69) is 73.0 Å². The summed E-state index contributed by atoms with van der Waals surface area (Å²) < 4.78 is 0. The fraction of sp³-hybridized carbons (Fsp3) is 0.667. The van der Waals surface area contributed by atoms with E-state index < -0.39 is 0 Å². The van der Waals surface area contributed by atoms with Crippen LogP contribution in [0.1, 0.15) is 20.3 Å². The first kappa shape index (κ1) is 17.6. The Balaban J connectivity index is 2.23. The van der Waals surface area contributed by atoms with Crippen LogP contribution in [0.3, 0.4) is 0 Å². The van der Waals surface area contributed by atoms with E-state index in [0.29, 0.717) is 6.04 Å². The van der Waals surface area contributed by atoms with Gasteiger partial charge in [0, 0.05) is 49.4 Å². The fourth-order valence-corrected chi connectivity index (χ4v) is 4.27. The van der Waals surface area contributed by atoms with Crippen LogP contribution in [0.2, 0.25) is 0 Å². The Bertz CT molecular complexity index is 445. The largest absolute Gasteiger partial charge is 0.370 e. The third-order valence-corrected chi connectivity index (χ3v) is 5.25. The highest BCUT2D eigenvalue weighted by molar-refractivity contribution is 7.99. The predicted molar refractivity (Wildman–Crippen MR) is 99.5 cm³/mol. The van der Waals surface area contributed by atoms with Gasteiger partial charge < -0.3 is 15.1 Å². The molecule has 0 radical (unpaired) electrons. The van der Waals surface area contributed by atoms with Crippen molar-refractivity contribution >= 4 is 11.8 Å². The lowest BCUT2D eigenvalue weighted by Gasteiger charge is -2.37. The molecule has 124 valence electrons. The molecule has 0 saturated carbocycles. The summed E-state index contributed by atoms with van der Waals surface area (Å²) in [6, 6.07) is 0.549. The van der Waals surface area contributed by atoms with Gasteiger partial charge in [-0.05, 0) is 45.5 Å². The molecular formula is C18H31N3S. The molecule has 4 heteroatoms. The molecule has 0 aromatic carbocycles. The zero-order valence-electron chi connectivity index (χ0n) is 14.6. The van der Waals surface area contributed by atoms with Crippen LogP contribution in [-0.2, 0) is 0 Å². The van der Waals surface area contributed by atoms with Gasteiger partial charge in [0.2, 0.25) is 0 Å². The van der Waals surface area contributed by atoms with Crippen molar-refractivity contribution < 1.29 is 0 Å². The summed E-state index contributed by atoms with van der Waals surface area (Å²) in [5.41, 5.74) is 4.49. The molecule has 0 aliphatic carbocycles. The van der Waals surface area contributed by atoms with Crippen molar-refractivity contribution in [1.29, 1.82) is 0 Å². The molecule has 1 N–H and O–H groups in total. The van der Waals surface area contributed by atoms with Crippen LogP contribution in [0.4, 0.5) is 0 Å². The molecule has 0 spiro atoms. The van der Waals surface area contributed by atoms with Gasteiger partial charge in [0.1, 0.15) is 0 Å². The smallest absolute Gasteiger partial charge is 0.0359 e. The van der Waals surface area contributed by atoms with Crippen molar-refractivity contribution in [2.45, 2.75) is 26.3 Å². The molecule has 2 aliphatic rings. The highest BCUT2D eigenvalue weighted by Gasteiger charge is 2.25. The quantitative estimate of drug-likeness (QED) is 0.839. The fourth-order valence-electron chi connectivity index (χ4n) is 3.36. The number of rotatable bonds is 5. The summed E-state index contributed by atoms with van der Waals surface area (Å²) in [6.45, 7) is 8.76. The summed E-state index contributed by atoms with van der Waals surface area (Å²) >= 11 is 2.08. The zero-order chi connectivity index (χ0) is 15.9. The monoisotopic (exact) mass is 321 g/mol. The van der Waals surface area contributed by atoms with Crippen molar-refractivity contribution in [3.8, 4) is 0 Å². The molecule has 2 rings (SSSR count). The normalized spacial score (nSPS) is 24.7. The van der Waals surface area contributed by atoms with E-state index in [9.17, 15) is 0 Å². The van der Waals surface area contributed by atoms with Gasteiger partial charge in [-0.2, -0.15) is 11.8 Å². The minimum atomic E-state index is 0.549. The number of hydrogen-bond donors (Lipinski definition) is 1. The number of allylic oxidation sites excluding steroid dienone is 3. The Labute approximate surface area is 140 Å². The van der Waals surface area contributed by atoms with E-state index in [4.69, 9.17) is 0 Å². The maximum Gasteiger partial charge on any atom is 0.0359 e. The van der Waals surface area contributed by atoms with Crippen LogP contribution in [0.5, 0.6) is 0 Å². The van der Waals surface area contributed by atoms with Crippen LogP contribution in [-0.4, -0.2) is 67.6 Å². The Hall–Kier alpha value is -0.710. The number of thioether (sulfide) groups is 1. The van der Waals surface area contributed by atoms with Gasteiger partial charge in [-0.3, -0.25) is 0 Å². The highest BCUT2D eigenvalue weighted by Crippen LogP contribution is 2.29. The van der Waals surface area contributed by atoms with E-state index in [1.54, 1.807) is 5.57 Å². The average molecular weight is 322 g/mol. The lowest BCUT2D eigenvalue weighted by molar-refractivity contribution is 0.325. The first-order valence-electron chi connectivity index (χ1n) is 8.38. The van der Waals surface area contributed by atoms with Crippen molar-refractivity contribution in [3.05, 3.63) is 35.1 Å². The highest BCUT2D eigenvalue weighted by atomic mass is 32.2. The van der Waals surface area contributed by atoms with E-state index in [1.165, 1.54) is 35.9 Å². The predicted octanol–water partition coefficient (Wildman–Crippen LogP) is 2.74. The van der Waals surface area contributed by atoms with E-state index in [-0.39, 0.29) is 0 Å². The summed E-state index contributed by atoms with van der Waals surface area (Å²) in [5.74, 6) is 2.51. The van der Waals surface area contributed by atoms with Gasteiger partial charge in [0.05, 0.1) is 0 Å². The van der Waals surface area contributed by atoms with Gasteiger partial charge in [-0.25, -0.2) is 0 Å². The van der Waals surface area contributed by atoms with Crippen molar-refractivity contribution in [3.63, 3.8) is 0 Å². The summed E-state index contributed by atoms with van der Waals surface area (Å²) in [6.07, 6.45) is 7.91. The molecule has 1 unspecified atom stereocenters. The van der Waals surface area contributed by atoms with Crippen LogP contribution in [0.15, 0.2) is 35.1 Å². The van der Waals surface area contributed by atoms with Crippen LogP contribution >= 0.6 is 11.8 Å².